The van der Waals surface area contributed by atoms with Crippen molar-refractivity contribution in [1.82, 2.24) is 0 Å². The van der Waals surface area contributed by atoms with Gasteiger partial charge in [0.25, 0.3) is 0 Å². The van der Waals surface area contributed by atoms with E-state index in [4.69, 9.17) is 11.6 Å². The third-order valence-corrected chi connectivity index (χ3v) is 14.1. The minimum atomic E-state index is -0.400. The van der Waals surface area contributed by atoms with E-state index in [1.165, 1.54) is 37.7 Å². The fraction of sp³-hybridized carbons (Fsp3) is 0.879. The number of ketones is 1. The first-order valence-corrected chi connectivity index (χ1v) is 15.3. The highest BCUT2D eigenvalue weighted by Crippen LogP contribution is 2.76. The van der Waals surface area contributed by atoms with Crippen molar-refractivity contribution in [2.45, 2.75) is 132 Å². The zero-order chi connectivity index (χ0) is 26.5. The maximum Gasteiger partial charge on any atom is 0.231 e. The lowest BCUT2D eigenvalue weighted by Gasteiger charge is -2.71. The molecule has 2 nitrogen and oxygen atoms in total. The van der Waals surface area contributed by atoms with E-state index < -0.39 is 5.41 Å². The molecule has 0 spiro atoms. The van der Waals surface area contributed by atoms with E-state index in [2.05, 4.69) is 48.5 Å². The zero-order valence-electron chi connectivity index (χ0n) is 24.4. The van der Waals surface area contributed by atoms with Crippen molar-refractivity contribution in [3.63, 3.8) is 0 Å². The molecule has 0 amide bonds. The predicted octanol–water partition coefficient (Wildman–Crippen LogP) is 9.29. The van der Waals surface area contributed by atoms with Gasteiger partial charge in [0.05, 0.1) is 5.41 Å². The first-order chi connectivity index (χ1) is 16.5. The third-order valence-electron chi connectivity index (χ3n) is 13.7. The Balaban J connectivity index is 1.57. The minimum Gasteiger partial charge on any atom is -0.300 e. The summed E-state index contributed by atoms with van der Waals surface area (Å²) in [4.78, 5) is 25.1. The first kappa shape index (κ1) is 27.0. The first-order valence-electron chi connectivity index (χ1n) is 15.0. The fourth-order valence-corrected chi connectivity index (χ4v) is 11.7. The molecule has 3 heteroatoms. The van der Waals surface area contributed by atoms with Crippen LogP contribution < -0.4 is 0 Å². The van der Waals surface area contributed by atoms with Crippen LogP contribution in [0.25, 0.3) is 0 Å². The van der Waals surface area contributed by atoms with Crippen LogP contribution >= 0.6 is 11.6 Å². The summed E-state index contributed by atoms with van der Waals surface area (Å²) in [7, 11) is 0. The number of carbonyl (C=O) groups excluding carboxylic acids is 2. The van der Waals surface area contributed by atoms with Crippen LogP contribution in [-0.4, -0.2) is 11.0 Å². The molecule has 202 valence electrons. The number of Topliss-reactive ketones (excluding diaryl/α,β-unsaturated/α-hetero) is 1. The molecule has 0 bridgehead atoms. The van der Waals surface area contributed by atoms with E-state index in [0.29, 0.717) is 29.0 Å². The van der Waals surface area contributed by atoms with Crippen molar-refractivity contribution in [3.05, 3.63) is 11.1 Å². The van der Waals surface area contributed by atoms with Gasteiger partial charge in [-0.1, -0.05) is 59.6 Å². The zero-order valence-corrected chi connectivity index (χ0v) is 25.2. The molecule has 5 rings (SSSR count). The quantitative estimate of drug-likeness (QED) is 0.277. The summed E-state index contributed by atoms with van der Waals surface area (Å²) in [6, 6.07) is 0. The molecule has 36 heavy (non-hydrogen) atoms. The molecular formula is C33H51ClO2. The molecule has 0 aliphatic heterocycles. The Hall–Kier alpha value is -0.630. The van der Waals surface area contributed by atoms with Crippen LogP contribution in [0.4, 0.5) is 0 Å². The normalized spacial score (nSPS) is 47.2. The Bertz CT molecular complexity index is 1010. The van der Waals surface area contributed by atoms with Crippen molar-refractivity contribution >= 4 is 22.6 Å². The molecule has 0 aromatic carbocycles. The maximum absolute atomic E-state index is 13.0. The Kier molecular flexibility index (Phi) is 6.13. The molecule has 0 N–H and O–H groups in total. The summed E-state index contributed by atoms with van der Waals surface area (Å²) in [5, 5.41) is -0.0870. The van der Waals surface area contributed by atoms with Gasteiger partial charge in [-0.05, 0) is 134 Å². The lowest BCUT2D eigenvalue weighted by molar-refractivity contribution is -0.194. The lowest BCUT2D eigenvalue weighted by Crippen LogP contribution is -2.63. The number of halogens is 1. The minimum absolute atomic E-state index is 0.0870. The molecule has 0 aromatic heterocycles. The molecule has 4 fully saturated rings. The number of carbonyl (C=O) groups is 2. The van der Waals surface area contributed by atoms with Gasteiger partial charge in [0, 0.05) is 6.42 Å². The molecule has 5 aliphatic rings. The topological polar surface area (TPSA) is 34.1 Å². The highest BCUT2D eigenvalue weighted by Gasteiger charge is 2.68. The van der Waals surface area contributed by atoms with Crippen molar-refractivity contribution in [1.29, 1.82) is 0 Å². The number of hydrogen-bond acceptors (Lipinski definition) is 2. The highest BCUT2D eigenvalue weighted by atomic mass is 35.5. The van der Waals surface area contributed by atoms with Gasteiger partial charge in [-0.2, -0.15) is 0 Å². The molecule has 5 aliphatic carbocycles. The predicted molar refractivity (Wildman–Crippen MR) is 149 cm³/mol. The molecule has 7 atom stereocenters. The molecule has 0 heterocycles. The van der Waals surface area contributed by atoms with E-state index in [1.807, 2.05) is 0 Å². The van der Waals surface area contributed by atoms with Gasteiger partial charge in [-0.15, -0.1) is 0 Å². The standard InChI is InChI=1S/C33H51ClO2/c1-21(35)19-22-11-13-30(6)25(29(22,4)5)12-14-32(8)26(30)10-9-23-24-20-28(2,3)15-17-33(24,27(34)36)18-16-31(23,32)7/h22,25-26H,9-20H2,1-8H3/t22-,25?,26?,30+,31-,32-,33+/m1/s1. The lowest BCUT2D eigenvalue weighted by atomic mass is 9.33. The van der Waals surface area contributed by atoms with Crippen LogP contribution in [0.2, 0.25) is 0 Å². The van der Waals surface area contributed by atoms with Crippen molar-refractivity contribution < 1.29 is 9.59 Å². The Labute approximate surface area is 225 Å². The Morgan fingerprint density at radius 3 is 2.11 bits per heavy atom. The smallest absolute Gasteiger partial charge is 0.231 e. The van der Waals surface area contributed by atoms with Gasteiger partial charge < -0.3 is 4.79 Å². The molecule has 4 saturated carbocycles. The molecule has 2 unspecified atom stereocenters. The van der Waals surface area contributed by atoms with Crippen LogP contribution in [0.3, 0.4) is 0 Å². The summed E-state index contributed by atoms with van der Waals surface area (Å²) < 4.78 is 0. The number of hydrogen-bond donors (Lipinski definition) is 0. The van der Waals surface area contributed by atoms with E-state index in [1.54, 1.807) is 12.5 Å². The van der Waals surface area contributed by atoms with Gasteiger partial charge in [0.2, 0.25) is 5.24 Å². The van der Waals surface area contributed by atoms with Gasteiger partial charge in [0.1, 0.15) is 5.78 Å². The average Bonchev–Trinajstić information content (AvgIpc) is 2.75. The van der Waals surface area contributed by atoms with Crippen LogP contribution in [0.15, 0.2) is 11.1 Å². The Morgan fingerprint density at radius 1 is 0.806 bits per heavy atom. The second kappa shape index (κ2) is 8.19. The summed E-state index contributed by atoms with van der Waals surface area (Å²) >= 11 is 6.46. The van der Waals surface area contributed by atoms with Gasteiger partial charge >= 0.3 is 0 Å². The van der Waals surface area contributed by atoms with E-state index >= 15 is 0 Å². The van der Waals surface area contributed by atoms with Gasteiger partial charge in [-0.25, -0.2) is 0 Å². The monoisotopic (exact) mass is 514 g/mol. The van der Waals surface area contributed by atoms with E-state index in [0.717, 1.165) is 44.9 Å². The van der Waals surface area contributed by atoms with Gasteiger partial charge in [0.15, 0.2) is 0 Å². The fourth-order valence-electron chi connectivity index (χ4n) is 11.4. The van der Waals surface area contributed by atoms with Gasteiger partial charge in [-0.3, -0.25) is 4.79 Å². The van der Waals surface area contributed by atoms with Crippen molar-refractivity contribution in [2.75, 3.05) is 0 Å². The van der Waals surface area contributed by atoms with Crippen LogP contribution in [0.5, 0.6) is 0 Å². The second-order valence-corrected chi connectivity index (χ2v) is 16.4. The largest absolute Gasteiger partial charge is 0.300 e. The van der Waals surface area contributed by atoms with Crippen LogP contribution in [-0.2, 0) is 9.59 Å². The second-order valence-electron chi connectivity index (χ2n) is 16.1. The molecule has 0 saturated heterocycles. The molecule has 0 aromatic rings. The maximum atomic E-state index is 13.0. The van der Waals surface area contributed by atoms with Crippen molar-refractivity contribution in [3.8, 4) is 0 Å². The molecule has 0 radical (unpaired) electrons. The summed E-state index contributed by atoms with van der Waals surface area (Å²) in [6.45, 7) is 19.4. The highest BCUT2D eigenvalue weighted by molar-refractivity contribution is 6.65. The van der Waals surface area contributed by atoms with Crippen LogP contribution in [0.1, 0.15) is 132 Å². The SMILES string of the molecule is CC(=O)C[C@H]1CC[C@@]2(C)C(CC[C@]3(C)C2CCC2=C4CC(C)(C)CC[C@]4(C(=O)Cl)CC[C@]23C)C1(C)C. The number of rotatable bonds is 3. The summed E-state index contributed by atoms with van der Waals surface area (Å²) in [5.41, 5.74) is 3.89. The van der Waals surface area contributed by atoms with E-state index in [-0.39, 0.29) is 26.9 Å². The summed E-state index contributed by atoms with van der Waals surface area (Å²) in [5.74, 6) is 2.25. The third kappa shape index (κ3) is 3.47. The Morgan fingerprint density at radius 2 is 1.47 bits per heavy atom. The number of fused-ring (bicyclic) bond motifs is 6. The van der Waals surface area contributed by atoms with Crippen molar-refractivity contribution in [2.24, 2.45) is 50.2 Å². The summed E-state index contributed by atoms with van der Waals surface area (Å²) in [6.07, 6.45) is 13.2. The van der Waals surface area contributed by atoms with Crippen LogP contribution in [0, 0.1) is 50.2 Å². The van der Waals surface area contributed by atoms with E-state index in [9.17, 15) is 9.59 Å². The molecular weight excluding hydrogens is 464 g/mol. The average molecular weight is 515 g/mol. The number of allylic oxidation sites excluding steroid dienone is 2.